The zero-order valence-corrected chi connectivity index (χ0v) is 12.0. The minimum absolute atomic E-state index is 0.0175. The van der Waals surface area contributed by atoms with Gasteiger partial charge in [-0.3, -0.25) is 4.79 Å². The molecule has 1 aliphatic rings. The molecule has 0 bridgehead atoms. The largest absolute Gasteiger partial charge is 0.396 e. The summed E-state index contributed by atoms with van der Waals surface area (Å²) in [6.07, 6.45) is 3.02. The maximum absolute atomic E-state index is 12.1. The van der Waals surface area contributed by atoms with Crippen molar-refractivity contribution in [3.63, 3.8) is 0 Å². The summed E-state index contributed by atoms with van der Waals surface area (Å²) in [5.41, 5.74) is 1.04. The minimum Gasteiger partial charge on any atom is -0.396 e. The average Bonchev–Trinajstić information content (AvgIpc) is 2.88. The molecule has 1 aromatic rings. The van der Waals surface area contributed by atoms with Gasteiger partial charge in [-0.05, 0) is 31.4 Å². The third-order valence-corrected chi connectivity index (χ3v) is 4.35. The van der Waals surface area contributed by atoms with E-state index in [2.05, 4.69) is 10.5 Å². The van der Waals surface area contributed by atoms with Crippen LogP contribution in [0.25, 0.3) is 0 Å². The van der Waals surface area contributed by atoms with E-state index in [4.69, 9.17) is 16.1 Å². The highest BCUT2D eigenvalue weighted by Crippen LogP contribution is 2.37. The van der Waals surface area contributed by atoms with Crippen LogP contribution in [0.2, 0.25) is 5.22 Å². The number of carbonyl (C=O) groups excluding carboxylic acids is 1. The number of hydrogen-bond donors (Lipinski definition) is 2. The molecule has 1 aromatic heterocycles. The molecule has 2 N–H and O–H groups in total. The Bertz CT molecular complexity index is 455. The molecule has 0 aliphatic heterocycles. The number of carbonyl (C=O) groups is 1. The molecule has 1 amide bonds. The first-order valence-electron chi connectivity index (χ1n) is 6.47. The van der Waals surface area contributed by atoms with E-state index in [0.29, 0.717) is 11.3 Å². The lowest BCUT2D eigenvalue weighted by Crippen LogP contribution is -2.45. The fraction of sp³-hybridized carbons (Fsp3) is 0.692. The van der Waals surface area contributed by atoms with Crippen LogP contribution in [-0.4, -0.2) is 28.8 Å². The summed E-state index contributed by atoms with van der Waals surface area (Å²) in [6, 6.07) is 0.0175. The summed E-state index contributed by atoms with van der Waals surface area (Å²) in [5, 5.41) is 16.3. The van der Waals surface area contributed by atoms with Crippen LogP contribution in [0.15, 0.2) is 4.52 Å². The third kappa shape index (κ3) is 2.92. The molecule has 0 saturated heterocycles. The Morgan fingerprint density at radius 3 is 3.00 bits per heavy atom. The Morgan fingerprint density at radius 1 is 1.68 bits per heavy atom. The summed E-state index contributed by atoms with van der Waals surface area (Å²) in [4.78, 5) is 12.1. The molecule has 1 saturated carbocycles. The van der Waals surface area contributed by atoms with Gasteiger partial charge in [-0.25, -0.2) is 0 Å². The highest BCUT2D eigenvalue weighted by atomic mass is 35.5. The van der Waals surface area contributed by atoms with Gasteiger partial charge in [0.2, 0.25) is 11.1 Å². The van der Waals surface area contributed by atoms with E-state index in [1.807, 2.05) is 6.92 Å². The molecule has 2 rings (SSSR count). The van der Waals surface area contributed by atoms with Crippen LogP contribution in [0.5, 0.6) is 0 Å². The number of hydrogen-bond acceptors (Lipinski definition) is 4. The van der Waals surface area contributed by atoms with Crippen molar-refractivity contribution in [1.29, 1.82) is 0 Å². The summed E-state index contributed by atoms with van der Waals surface area (Å²) in [7, 11) is 0. The predicted molar refractivity (Wildman–Crippen MR) is 70.9 cm³/mol. The molecule has 5 nitrogen and oxygen atoms in total. The van der Waals surface area contributed by atoms with Crippen molar-refractivity contribution in [3.05, 3.63) is 16.5 Å². The Hall–Kier alpha value is -1.07. The average molecular weight is 287 g/mol. The van der Waals surface area contributed by atoms with Crippen LogP contribution in [0.4, 0.5) is 0 Å². The number of aliphatic hydroxyl groups excluding tert-OH is 1. The van der Waals surface area contributed by atoms with Crippen molar-refractivity contribution < 1.29 is 14.4 Å². The lowest BCUT2D eigenvalue weighted by Gasteiger charge is -2.30. The van der Waals surface area contributed by atoms with Gasteiger partial charge in [-0.15, -0.1) is 0 Å². The molecule has 1 fully saturated rings. The molecule has 2 unspecified atom stereocenters. The Morgan fingerprint density at radius 2 is 2.42 bits per heavy atom. The zero-order valence-electron chi connectivity index (χ0n) is 11.2. The van der Waals surface area contributed by atoms with Crippen molar-refractivity contribution in [3.8, 4) is 0 Å². The number of aromatic nitrogens is 1. The smallest absolute Gasteiger partial charge is 0.229 e. The van der Waals surface area contributed by atoms with Gasteiger partial charge in [-0.2, -0.15) is 0 Å². The highest BCUT2D eigenvalue weighted by Gasteiger charge is 2.39. The maximum atomic E-state index is 12.1. The molecular weight excluding hydrogens is 268 g/mol. The lowest BCUT2D eigenvalue weighted by atomic mass is 9.85. The van der Waals surface area contributed by atoms with Crippen molar-refractivity contribution >= 4 is 17.5 Å². The normalized spacial score (nSPS) is 26.6. The minimum atomic E-state index is -0.219. The molecule has 0 spiro atoms. The van der Waals surface area contributed by atoms with Crippen molar-refractivity contribution in [2.45, 2.75) is 45.6 Å². The Kier molecular flexibility index (Phi) is 4.16. The van der Waals surface area contributed by atoms with E-state index in [1.165, 1.54) is 0 Å². The zero-order chi connectivity index (χ0) is 14.0. The standard InChI is InChI=1S/C13H19ClN2O3/c1-8-9(12(14)19-16-8)6-11(18)15-10-4-3-5-13(10,2)7-17/h10,17H,3-7H2,1-2H3,(H,15,18). The third-order valence-electron chi connectivity index (χ3n) is 4.05. The summed E-state index contributed by atoms with van der Waals surface area (Å²) >= 11 is 5.84. The SMILES string of the molecule is Cc1noc(Cl)c1CC(=O)NC1CCCC1(C)CO. The first-order chi connectivity index (χ1) is 8.96. The number of amides is 1. The van der Waals surface area contributed by atoms with Crippen LogP contribution in [0.1, 0.15) is 37.4 Å². The summed E-state index contributed by atoms with van der Waals surface area (Å²) < 4.78 is 4.82. The van der Waals surface area contributed by atoms with Gasteiger partial charge in [0.25, 0.3) is 0 Å². The fourth-order valence-corrected chi connectivity index (χ4v) is 2.87. The molecular formula is C13H19ClN2O3. The second-order valence-electron chi connectivity index (χ2n) is 5.52. The quantitative estimate of drug-likeness (QED) is 0.886. The van der Waals surface area contributed by atoms with E-state index in [1.54, 1.807) is 6.92 Å². The van der Waals surface area contributed by atoms with Crippen LogP contribution < -0.4 is 5.32 Å². The van der Waals surface area contributed by atoms with Crippen LogP contribution in [0.3, 0.4) is 0 Å². The van der Waals surface area contributed by atoms with Crippen LogP contribution in [-0.2, 0) is 11.2 Å². The van der Waals surface area contributed by atoms with Gasteiger partial charge < -0.3 is 14.9 Å². The molecule has 0 radical (unpaired) electrons. The van der Waals surface area contributed by atoms with E-state index >= 15 is 0 Å². The number of nitrogens with one attached hydrogen (secondary N) is 1. The van der Waals surface area contributed by atoms with Crippen LogP contribution in [0, 0.1) is 12.3 Å². The van der Waals surface area contributed by atoms with Gasteiger partial charge in [-0.1, -0.05) is 18.5 Å². The molecule has 19 heavy (non-hydrogen) atoms. The number of aliphatic hydroxyl groups is 1. The van der Waals surface area contributed by atoms with Gasteiger partial charge in [0.05, 0.1) is 18.7 Å². The highest BCUT2D eigenvalue weighted by molar-refractivity contribution is 6.29. The number of rotatable bonds is 4. The van der Waals surface area contributed by atoms with E-state index in [9.17, 15) is 9.90 Å². The first-order valence-corrected chi connectivity index (χ1v) is 6.85. The molecule has 0 aromatic carbocycles. The Balaban J connectivity index is 1.99. The van der Waals surface area contributed by atoms with Crippen molar-refractivity contribution in [2.24, 2.45) is 5.41 Å². The number of nitrogens with zero attached hydrogens (tertiary/aromatic N) is 1. The molecule has 1 aliphatic carbocycles. The second-order valence-corrected chi connectivity index (χ2v) is 5.86. The van der Waals surface area contributed by atoms with E-state index in [0.717, 1.165) is 19.3 Å². The summed E-state index contributed by atoms with van der Waals surface area (Å²) in [5.74, 6) is -0.111. The first kappa shape index (κ1) is 14.3. The monoisotopic (exact) mass is 286 g/mol. The van der Waals surface area contributed by atoms with Gasteiger partial charge in [0.15, 0.2) is 0 Å². The Labute approximate surface area is 117 Å². The number of halogens is 1. The second kappa shape index (κ2) is 5.51. The van der Waals surface area contributed by atoms with Crippen molar-refractivity contribution in [2.75, 3.05) is 6.61 Å². The van der Waals surface area contributed by atoms with E-state index in [-0.39, 0.29) is 35.6 Å². The molecule has 1 heterocycles. The molecule has 6 heteroatoms. The number of aryl methyl sites for hydroxylation is 1. The fourth-order valence-electron chi connectivity index (χ4n) is 2.63. The topological polar surface area (TPSA) is 75.4 Å². The molecule has 106 valence electrons. The summed E-state index contributed by atoms with van der Waals surface area (Å²) in [6.45, 7) is 3.85. The van der Waals surface area contributed by atoms with Gasteiger partial charge >= 0.3 is 0 Å². The molecule has 2 atom stereocenters. The lowest BCUT2D eigenvalue weighted by molar-refractivity contribution is -0.122. The van der Waals surface area contributed by atoms with Crippen LogP contribution >= 0.6 is 11.6 Å². The maximum Gasteiger partial charge on any atom is 0.229 e. The van der Waals surface area contributed by atoms with E-state index < -0.39 is 0 Å². The van der Waals surface area contributed by atoms with Crippen molar-refractivity contribution in [1.82, 2.24) is 10.5 Å². The van der Waals surface area contributed by atoms with Gasteiger partial charge in [0.1, 0.15) is 0 Å². The van der Waals surface area contributed by atoms with Gasteiger partial charge in [0, 0.05) is 17.0 Å². The predicted octanol–water partition coefficient (Wildman–Crippen LogP) is 1.85.